The van der Waals surface area contributed by atoms with E-state index in [2.05, 4.69) is 51.8 Å². The highest BCUT2D eigenvalue weighted by Crippen LogP contribution is 2.10. The molecule has 0 aliphatic rings. The van der Waals surface area contributed by atoms with Gasteiger partial charge < -0.3 is 5.32 Å². The van der Waals surface area contributed by atoms with Crippen molar-refractivity contribution in [2.24, 2.45) is 0 Å². The largest absolute Gasteiger partial charge is 0.314 e. The lowest BCUT2D eigenvalue weighted by Crippen LogP contribution is -2.41. The van der Waals surface area contributed by atoms with Gasteiger partial charge >= 0.3 is 0 Å². The van der Waals surface area contributed by atoms with Crippen LogP contribution in [0.2, 0.25) is 0 Å². The highest BCUT2D eigenvalue weighted by Gasteiger charge is 2.16. The summed E-state index contributed by atoms with van der Waals surface area (Å²) in [6.45, 7) is 16.1. The third kappa shape index (κ3) is 8.62. The van der Waals surface area contributed by atoms with E-state index in [9.17, 15) is 0 Å². The Labute approximate surface area is 109 Å². The molecular formula is C15H34N2. The second-order valence-corrected chi connectivity index (χ2v) is 5.79. The molecule has 0 aliphatic heterocycles. The Hall–Kier alpha value is -0.0800. The molecule has 0 aromatic heterocycles. The maximum Gasteiger partial charge on any atom is 0.00817 e. The fraction of sp³-hybridized carbons (Fsp3) is 1.00. The summed E-state index contributed by atoms with van der Waals surface area (Å²) in [5, 5.41) is 3.51. The maximum absolute atomic E-state index is 3.51. The van der Waals surface area contributed by atoms with Crippen LogP contribution in [0.3, 0.4) is 0 Å². The SMILES string of the molecule is CCCCCN(C(C)C)C(C)CCNC(C)C. The number of hydrogen-bond acceptors (Lipinski definition) is 2. The molecule has 0 radical (unpaired) electrons. The predicted octanol–water partition coefficient (Wildman–Crippen LogP) is 3.66. The van der Waals surface area contributed by atoms with Crippen molar-refractivity contribution >= 4 is 0 Å². The van der Waals surface area contributed by atoms with Crippen LogP contribution in [0.15, 0.2) is 0 Å². The minimum Gasteiger partial charge on any atom is -0.314 e. The quantitative estimate of drug-likeness (QED) is 0.588. The molecule has 0 fully saturated rings. The van der Waals surface area contributed by atoms with Gasteiger partial charge in [-0.05, 0) is 46.7 Å². The molecule has 0 spiro atoms. The first kappa shape index (κ1) is 16.9. The van der Waals surface area contributed by atoms with Crippen molar-refractivity contribution < 1.29 is 0 Å². The van der Waals surface area contributed by atoms with E-state index in [-0.39, 0.29) is 0 Å². The lowest BCUT2D eigenvalue weighted by Gasteiger charge is -2.33. The predicted molar refractivity (Wildman–Crippen MR) is 78.6 cm³/mol. The van der Waals surface area contributed by atoms with Crippen LogP contribution in [0.1, 0.15) is 67.2 Å². The van der Waals surface area contributed by atoms with E-state index in [1.807, 2.05) is 0 Å². The van der Waals surface area contributed by atoms with Crippen molar-refractivity contribution in [2.45, 2.75) is 85.4 Å². The van der Waals surface area contributed by atoms with Gasteiger partial charge in [0.15, 0.2) is 0 Å². The van der Waals surface area contributed by atoms with Gasteiger partial charge in [0, 0.05) is 18.1 Å². The first-order valence-electron chi connectivity index (χ1n) is 7.48. The number of nitrogens with zero attached hydrogens (tertiary/aromatic N) is 1. The summed E-state index contributed by atoms with van der Waals surface area (Å²) >= 11 is 0. The van der Waals surface area contributed by atoms with Gasteiger partial charge in [-0.1, -0.05) is 33.6 Å². The maximum atomic E-state index is 3.51. The van der Waals surface area contributed by atoms with Crippen molar-refractivity contribution in [1.82, 2.24) is 10.2 Å². The van der Waals surface area contributed by atoms with Crippen molar-refractivity contribution in [3.63, 3.8) is 0 Å². The van der Waals surface area contributed by atoms with Crippen molar-refractivity contribution in [1.29, 1.82) is 0 Å². The number of rotatable bonds is 10. The second kappa shape index (κ2) is 9.90. The van der Waals surface area contributed by atoms with Gasteiger partial charge in [0.1, 0.15) is 0 Å². The molecule has 2 nitrogen and oxygen atoms in total. The smallest absolute Gasteiger partial charge is 0.00817 e. The minimum atomic E-state index is 0.606. The normalized spacial score (nSPS) is 13.9. The second-order valence-electron chi connectivity index (χ2n) is 5.79. The lowest BCUT2D eigenvalue weighted by atomic mass is 10.1. The Balaban J connectivity index is 3.92. The Morgan fingerprint density at radius 1 is 1.00 bits per heavy atom. The number of unbranched alkanes of at least 4 members (excludes halogenated alkanes) is 2. The fourth-order valence-corrected chi connectivity index (χ4v) is 2.28. The van der Waals surface area contributed by atoms with Gasteiger partial charge in [-0.15, -0.1) is 0 Å². The van der Waals surface area contributed by atoms with Crippen molar-refractivity contribution in [2.75, 3.05) is 13.1 Å². The van der Waals surface area contributed by atoms with Crippen molar-refractivity contribution in [3.05, 3.63) is 0 Å². The van der Waals surface area contributed by atoms with Gasteiger partial charge in [-0.3, -0.25) is 4.90 Å². The number of nitrogens with one attached hydrogen (secondary N) is 1. The molecule has 17 heavy (non-hydrogen) atoms. The van der Waals surface area contributed by atoms with E-state index in [1.54, 1.807) is 0 Å². The zero-order valence-electron chi connectivity index (χ0n) is 12.9. The van der Waals surface area contributed by atoms with E-state index in [4.69, 9.17) is 0 Å². The fourth-order valence-electron chi connectivity index (χ4n) is 2.28. The molecule has 0 bridgehead atoms. The van der Waals surface area contributed by atoms with Crippen LogP contribution in [0.25, 0.3) is 0 Å². The molecule has 0 saturated heterocycles. The van der Waals surface area contributed by atoms with Gasteiger partial charge in [0.05, 0.1) is 0 Å². The van der Waals surface area contributed by atoms with Crippen LogP contribution in [0, 0.1) is 0 Å². The highest BCUT2D eigenvalue weighted by atomic mass is 15.2. The van der Waals surface area contributed by atoms with Crippen LogP contribution in [0.5, 0.6) is 0 Å². The molecule has 0 heterocycles. The van der Waals surface area contributed by atoms with Gasteiger partial charge in [0.2, 0.25) is 0 Å². The minimum absolute atomic E-state index is 0.606. The van der Waals surface area contributed by atoms with Crippen LogP contribution >= 0.6 is 0 Å². The molecule has 1 unspecified atom stereocenters. The molecule has 0 rings (SSSR count). The molecule has 2 heteroatoms. The topological polar surface area (TPSA) is 15.3 Å². The summed E-state index contributed by atoms with van der Waals surface area (Å²) in [5.41, 5.74) is 0. The molecule has 0 aliphatic carbocycles. The summed E-state index contributed by atoms with van der Waals surface area (Å²) in [6.07, 6.45) is 5.27. The van der Waals surface area contributed by atoms with Crippen molar-refractivity contribution in [3.8, 4) is 0 Å². The molecular weight excluding hydrogens is 208 g/mol. The van der Waals surface area contributed by atoms with E-state index >= 15 is 0 Å². The number of hydrogen-bond donors (Lipinski definition) is 1. The monoisotopic (exact) mass is 242 g/mol. The molecule has 104 valence electrons. The molecule has 0 aromatic rings. The molecule has 1 atom stereocenters. The average molecular weight is 242 g/mol. The van der Waals surface area contributed by atoms with E-state index in [0.717, 1.165) is 6.54 Å². The van der Waals surface area contributed by atoms with Crippen LogP contribution in [-0.2, 0) is 0 Å². The summed E-state index contributed by atoms with van der Waals surface area (Å²) < 4.78 is 0. The summed E-state index contributed by atoms with van der Waals surface area (Å²) in [6, 6.07) is 1.97. The zero-order valence-corrected chi connectivity index (χ0v) is 12.9. The standard InChI is InChI=1S/C15H34N2/c1-7-8-9-12-17(14(4)5)15(6)10-11-16-13(2)3/h13-16H,7-12H2,1-6H3. The molecule has 0 saturated carbocycles. The van der Waals surface area contributed by atoms with Crippen LogP contribution in [0.4, 0.5) is 0 Å². The third-order valence-electron chi connectivity index (χ3n) is 3.36. The van der Waals surface area contributed by atoms with E-state index in [1.165, 1.54) is 32.2 Å². The Kier molecular flexibility index (Phi) is 9.85. The first-order valence-corrected chi connectivity index (χ1v) is 7.48. The summed E-state index contributed by atoms with van der Waals surface area (Å²) in [5.74, 6) is 0. The summed E-state index contributed by atoms with van der Waals surface area (Å²) in [4.78, 5) is 2.65. The van der Waals surface area contributed by atoms with Gasteiger partial charge in [-0.25, -0.2) is 0 Å². The van der Waals surface area contributed by atoms with E-state index in [0.29, 0.717) is 18.1 Å². The van der Waals surface area contributed by atoms with Crippen LogP contribution in [-0.4, -0.2) is 36.1 Å². The Morgan fingerprint density at radius 3 is 2.12 bits per heavy atom. The lowest BCUT2D eigenvalue weighted by molar-refractivity contribution is 0.152. The molecule has 0 aromatic carbocycles. The Morgan fingerprint density at radius 2 is 1.65 bits per heavy atom. The summed E-state index contributed by atoms with van der Waals surface area (Å²) in [7, 11) is 0. The first-order chi connectivity index (χ1) is 7.99. The van der Waals surface area contributed by atoms with E-state index < -0.39 is 0 Å². The molecule has 0 amide bonds. The average Bonchev–Trinajstić information content (AvgIpc) is 2.23. The van der Waals surface area contributed by atoms with Crippen LogP contribution < -0.4 is 5.32 Å². The zero-order chi connectivity index (χ0) is 13.3. The van der Waals surface area contributed by atoms with Gasteiger partial charge in [-0.2, -0.15) is 0 Å². The molecule has 1 N–H and O–H groups in total. The van der Waals surface area contributed by atoms with Gasteiger partial charge in [0.25, 0.3) is 0 Å². The highest BCUT2D eigenvalue weighted by molar-refractivity contribution is 4.72. The Bertz CT molecular complexity index is 166. The third-order valence-corrected chi connectivity index (χ3v) is 3.36.